The number of halogens is 1. The number of allylic oxidation sites excluding steroid dienone is 1. The molecule has 0 saturated heterocycles. The molecule has 1 aliphatic rings. The molecule has 0 unspecified atom stereocenters. The van der Waals surface area contributed by atoms with Gasteiger partial charge in [-0.3, -0.25) is 9.59 Å². The number of aryl methyl sites for hydroxylation is 1. The number of benzene rings is 2. The third kappa shape index (κ3) is 5.03. The molecule has 0 fully saturated rings. The zero-order chi connectivity index (χ0) is 20.1. The number of nitrogens with one attached hydrogen (secondary N) is 2. The van der Waals surface area contributed by atoms with Crippen LogP contribution in [0.4, 0.5) is 5.69 Å². The smallest absolute Gasteiger partial charge is 0.234 e. The lowest BCUT2D eigenvalue weighted by Crippen LogP contribution is -2.31. The summed E-state index contributed by atoms with van der Waals surface area (Å²) in [6.07, 6.45) is 0.207. The summed E-state index contributed by atoms with van der Waals surface area (Å²) in [5.74, 6) is -0.582. The monoisotopic (exact) mass is 455 g/mol. The molecular formula is C21H18BrN3O2S. The van der Waals surface area contributed by atoms with Crippen LogP contribution in [0.3, 0.4) is 0 Å². The largest absolute Gasteiger partial charge is 0.325 e. The normalized spacial score (nSPS) is 16.3. The van der Waals surface area contributed by atoms with Gasteiger partial charge in [-0.25, -0.2) is 0 Å². The molecule has 5 nitrogen and oxygen atoms in total. The first-order valence-electron chi connectivity index (χ1n) is 8.65. The molecule has 142 valence electrons. The molecular weight excluding hydrogens is 438 g/mol. The Morgan fingerprint density at radius 2 is 2.07 bits per heavy atom. The molecule has 1 atom stereocenters. The van der Waals surface area contributed by atoms with Crippen LogP contribution in [0.15, 0.2) is 63.6 Å². The van der Waals surface area contributed by atoms with Gasteiger partial charge in [0.1, 0.15) is 0 Å². The van der Waals surface area contributed by atoms with E-state index in [-0.39, 0.29) is 29.9 Å². The van der Waals surface area contributed by atoms with Crippen LogP contribution >= 0.6 is 27.7 Å². The molecule has 7 heteroatoms. The van der Waals surface area contributed by atoms with Crippen molar-refractivity contribution in [3.05, 3.63) is 74.7 Å². The molecule has 1 aliphatic heterocycles. The minimum atomic E-state index is -0.320. The van der Waals surface area contributed by atoms with Crippen molar-refractivity contribution in [2.75, 3.05) is 11.1 Å². The maximum absolute atomic E-state index is 12.3. The Morgan fingerprint density at radius 3 is 2.75 bits per heavy atom. The molecule has 2 N–H and O–H groups in total. The quantitative estimate of drug-likeness (QED) is 0.696. The van der Waals surface area contributed by atoms with Crippen LogP contribution in [0, 0.1) is 18.3 Å². The summed E-state index contributed by atoms with van der Waals surface area (Å²) in [5, 5.41) is 15.7. The number of rotatable bonds is 5. The van der Waals surface area contributed by atoms with Crippen LogP contribution < -0.4 is 10.6 Å². The summed E-state index contributed by atoms with van der Waals surface area (Å²) in [4.78, 5) is 24.4. The van der Waals surface area contributed by atoms with E-state index in [2.05, 4.69) is 32.6 Å². The van der Waals surface area contributed by atoms with E-state index in [1.165, 1.54) is 11.8 Å². The van der Waals surface area contributed by atoms with Crippen LogP contribution in [-0.4, -0.2) is 17.6 Å². The van der Waals surface area contributed by atoms with Gasteiger partial charge in [-0.1, -0.05) is 57.5 Å². The van der Waals surface area contributed by atoms with Gasteiger partial charge >= 0.3 is 0 Å². The van der Waals surface area contributed by atoms with Crippen molar-refractivity contribution >= 4 is 45.2 Å². The first-order chi connectivity index (χ1) is 13.5. The van der Waals surface area contributed by atoms with Crippen molar-refractivity contribution in [2.45, 2.75) is 19.3 Å². The van der Waals surface area contributed by atoms with Crippen molar-refractivity contribution in [2.24, 2.45) is 0 Å². The lowest BCUT2D eigenvalue weighted by atomic mass is 9.87. The molecule has 0 saturated carbocycles. The molecule has 1 heterocycles. The van der Waals surface area contributed by atoms with E-state index in [0.717, 1.165) is 15.6 Å². The van der Waals surface area contributed by atoms with E-state index in [1.807, 2.05) is 55.5 Å². The Kier molecular flexibility index (Phi) is 6.55. The highest BCUT2D eigenvalue weighted by Gasteiger charge is 2.30. The lowest BCUT2D eigenvalue weighted by Gasteiger charge is -2.25. The predicted octanol–water partition coefficient (Wildman–Crippen LogP) is 4.47. The highest BCUT2D eigenvalue weighted by Crippen LogP contribution is 2.36. The van der Waals surface area contributed by atoms with Crippen molar-refractivity contribution in [3.8, 4) is 6.07 Å². The van der Waals surface area contributed by atoms with E-state index < -0.39 is 0 Å². The standard InChI is InChI=1S/C21H18BrN3O2S/c1-13-5-7-16(8-6-13)24-20(27)12-28-21-18(11-23)17(10-19(26)25-21)14-3-2-4-15(22)9-14/h2-9,17H,10,12H2,1H3,(H,24,27)(H,25,26)/t17-/m0/s1. The number of hydrogen-bond acceptors (Lipinski definition) is 4. The number of anilines is 1. The second-order valence-corrected chi connectivity index (χ2v) is 8.32. The van der Waals surface area contributed by atoms with Gasteiger partial charge in [0, 0.05) is 22.5 Å². The summed E-state index contributed by atoms with van der Waals surface area (Å²) in [6, 6.07) is 17.3. The minimum absolute atomic E-state index is 0.0971. The second-order valence-electron chi connectivity index (χ2n) is 6.42. The highest BCUT2D eigenvalue weighted by atomic mass is 79.9. The summed E-state index contributed by atoms with van der Waals surface area (Å²) in [5.41, 5.74) is 3.19. The number of amides is 2. The van der Waals surface area contributed by atoms with Gasteiger partial charge in [0.25, 0.3) is 0 Å². The van der Waals surface area contributed by atoms with Gasteiger partial charge in [-0.15, -0.1) is 0 Å². The van der Waals surface area contributed by atoms with Crippen molar-refractivity contribution in [1.82, 2.24) is 5.32 Å². The first-order valence-corrected chi connectivity index (χ1v) is 10.4. The number of carbonyl (C=O) groups excluding carboxylic acids is 2. The lowest BCUT2D eigenvalue weighted by molar-refractivity contribution is -0.121. The second kappa shape index (κ2) is 9.09. The fourth-order valence-electron chi connectivity index (χ4n) is 2.91. The predicted molar refractivity (Wildman–Crippen MR) is 115 cm³/mol. The summed E-state index contributed by atoms with van der Waals surface area (Å²) < 4.78 is 0.889. The van der Waals surface area contributed by atoms with E-state index in [4.69, 9.17) is 0 Å². The third-order valence-corrected chi connectivity index (χ3v) is 5.80. The number of carbonyl (C=O) groups is 2. The number of nitriles is 1. The fourth-order valence-corrected chi connectivity index (χ4v) is 4.21. The molecule has 0 radical (unpaired) electrons. The van der Waals surface area contributed by atoms with Crippen LogP contribution in [0.25, 0.3) is 0 Å². The molecule has 0 aliphatic carbocycles. The van der Waals surface area contributed by atoms with Gasteiger partial charge < -0.3 is 10.6 Å². The number of hydrogen-bond donors (Lipinski definition) is 2. The van der Waals surface area contributed by atoms with E-state index in [0.29, 0.717) is 16.3 Å². The fraction of sp³-hybridized carbons (Fsp3) is 0.190. The van der Waals surface area contributed by atoms with E-state index >= 15 is 0 Å². The molecule has 0 aromatic heterocycles. The molecule has 2 aromatic rings. The average molecular weight is 456 g/mol. The van der Waals surface area contributed by atoms with Crippen LogP contribution in [-0.2, 0) is 9.59 Å². The first kappa shape index (κ1) is 20.2. The SMILES string of the molecule is Cc1ccc(NC(=O)CSC2=C(C#N)[C@H](c3cccc(Br)c3)CC(=O)N2)cc1. The Bertz CT molecular complexity index is 980. The maximum Gasteiger partial charge on any atom is 0.234 e. The van der Waals surface area contributed by atoms with Gasteiger partial charge in [0.05, 0.1) is 22.4 Å². The molecule has 28 heavy (non-hydrogen) atoms. The molecule has 0 spiro atoms. The topological polar surface area (TPSA) is 82.0 Å². The Balaban J connectivity index is 1.74. The van der Waals surface area contributed by atoms with Gasteiger partial charge in [-0.05, 0) is 36.8 Å². The van der Waals surface area contributed by atoms with Crippen molar-refractivity contribution < 1.29 is 9.59 Å². The average Bonchev–Trinajstić information content (AvgIpc) is 2.67. The zero-order valence-corrected chi connectivity index (χ0v) is 17.6. The molecule has 0 bridgehead atoms. The van der Waals surface area contributed by atoms with Crippen molar-refractivity contribution in [1.29, 1.82) is 5.26 Å². The zero-order valence-electron chi connectivity index (χ0n) is 15.2. The van der Waals surface area contributed by atoms with Gasteiger partial charge in [0.15, 0.2) is 0 Å². The van der Waals surface area contributed by atoms with E-state index in [1.54, 1.807) is 0 Å². The maximum atomic E-state index is 12.3. The van der Waals surface area contributed by atoms with Crippen LogP contribution in [0.5, 0.6) is 0 Å². The van der Waals surface area contributed by atoms with Gasteiger partial charge in [0.2, 0.25) is 11.8 Å². The molecule has 2 aromatic carbocycles. The number of nitrogens with zero attached hydrogens (tertiary/aromatic N) is 1. The summed E-state index contributed by atoms with van der Waals surface area (Å²) >= 11 is 4.60. The summed E-state index contributed by atoms with van der Waals surface area (Å²) in [7, 11) is 0. The third-order valence-electron chi connectivity index (χ3n) is 4.29. The Labute approximate surface area is 176 Å². The minimum Gasteiger partial charge on any atom is -0.325 e. The number of thioether (sulfide) groups is 1. The van der Waals surface area contributed by atoms with Crippen LogP contribution in [0.1, 0.15) is 23.5 Å². The highest BCUT2D eigenvalue weighted by molar-refractivity contribution is 9.10. The van der Waals surface area contributed by atoms with Gasteiger partial charge in [-0.2, -0.15) is 5.26 Å². The summed E-state index contributed by atoms with van der Waals surface area (Å²) in [6.45, 7) is 1.98. The molecule has 2 amide bonds. The Hall–Kier alpha value is -2.56. The molecule has 3 rings (SSSR count). The van der Waals surface area contributed by atoms with Crippen molar-refractivity contribution in [3.63, 3.8) is 0 Å². The van der Waals surface area contributed by atoms with E-state index in [9.17, 15) is 14.9 Å². The Morgan fingerprint density at radius 1 is 1.32 bits per heavy atom. The van der Waals surface area contributed by atoms with Crippen LogP contribution in [0.2, 0.25) is 0 Å².